The second-order valence-corrected chi connectivity index (χ2v) is 4.22. The second-order valence-electron chi connectivity index (χ2n) is 4.22. The maximum atomic E-state index is 11.8. The van der Waals surface area contributed by atoms with Crippen LogP contribution in [0.3, 0.4) is 0 Å². The maximum Gasteiger partial charge on any atom is 0.340 e. The van der Waals surface area contributed by atoms with Crippen molar-refractivity contribution in [3.8, 4) is 17.2 Å². The Morgan fingerprint density at radius 1 is 1.14 bits per heavy atom. The van der Waals surface area contributed by atoms with Crippen molar-refractivity contribution in [3.05, 3.63) is 48.0 Å². The van der Waals surface area contributed by atoms with Crippen molar-refractivity contribution in [2.45, 2.75) is 6.92 Å². The van der Waals surface area contributed by atoms with E-state index in [4.69, 9.17) is 19.9 Å². The molecule has 0 atom stereocenters. The minimum absolute atomic E-state index is 0.249. The fourth-order valence-electron chi connectivity index (χ4n) is 1.81. The molecular formula is C16H17NO4. The molecule has 0 unspecified atom stereocenters. The molecule has 2 aromatic carbocycles. The van der Waals surface area contributed by atoms with E-state index in [9.17, 15) is 4.79 Å². The molecule has 0 aliphatic heterocycles. The van der Waals surface area contributed by atoms with E-state index in [1.807, 2.05) is 6.07 Å². The number of methoxy groups -OCH3 is 1. The molecule has 0 amide bonds. The quantitative estimate of drug-likeness (QED) is 0.675. The average molecular weight is 287 g/mol. The third-order valence-corrected chi connectivity index (χ3v) is 2.83. The molecule has 2 N–H and O–H groups in total. The smallest absolute Gasteiger partial charge is 0.340 e. The number of anilines is 1. The monoisotopic (exact) mass is 287 g/mol. The SMILES string of the molecule is CCOC(=O)c1cccc(Oc2cccc(OC)c2)c1N. The summed E-state index contributed by atoms with van der Waals surface area (Å²) in [6, 6.07) is 12.1. The van der Waals surface area contributed by atoms with Gasteiger partial charge in [0.1, 0.15) is 11.5 Å². The van der Waals surface area contributed by atoms with Gasteiger partial charge in [0.15, 0.2) is 5.75 Å². The lowest BCUT2D eigenvalue weighted by atomic mass is 10.1. The van der Waals surface area contributed by atoms with Crippen molar-refractivity contribution in [1.82, 2.24) is 0 Å². The molecule has 0 fully saturated rings. The summed E-state index contributed by atoms with van der Waals surface area (Å²) in [5.74, 6) is 1.18. The zero-order valence-electron chi connectivity index (χ0n) is 12.0. The third kappa shape index (κ3) is 3.45. The number of ether oxygens (including phenoxy) is 3. The van der Waals surface area contributed by atoms with Gasteiger partial charge in [-0.05, 0) is 31.2 Å². The van der Waals surface area contributed by atoms with Crippen LogP contribution in [0.15, 0.2) is 42.5 Å². The van der Waals surface area contributed by atoms with Gasteiger partial charge < -0.3 is 19.9 Å². The van der Waals surface area contributed by atoms with Crippen LogP contribution in [0.25, 0.3) is 0 Å². The summed E-state index contributed by atoms with van der Waals surface area (Å²) < 4.78 is 15.8. The van der Waals surface area contributed by atoms with E-state index in [2.05, 4.69) is 0 Å². The van der Waals surface area contributed by atoms with Crippen LogP contribution in [0, 0.1) is 0 Å². The first-order valence-electron chi connectivity index (χ1n) is 6.53. The van der Waals surface area contributed by atoms with Crippen molar-refractivity contribution < 1.29 is 19.0 Å². The van der Waals surface area contributed by atoms with Crippen molar-refractivity contribution in [1.29, 1.82) is 0 Å². The zero-order valence-corrected chi connectivity index (χ0v) is 12.0. The van der Waals surface area contributed by atoms with E-state index in [1.54, 1.807) is 50.4 Å². The molecule has 110 valence electrons. The van der Waals surface area contributed by atoms with E-state index < -0.39 is 5.97 Å². The Balaban J connectivity index is 2.28. The van der Waals surface area contributed by atoms with E-state index >= 15 is 0 Å². The predicted octanol–water partition coefficient (Wildman–Crippen LogP) is 3.25. The molecule has 0 aliphatic carbocycles. The summed E-state index contributed by atoms with van der Waals surface area (Å²) in [7, 11) is 1.58. The number of carbonyl (C=O) groups is 1. The molecule has 0 aromatic heterocycles. The molecule has 0 saturated heterocycles. The average Bonchev–Trinajstić information content (AvgIpc) is 2.50. The summed E-state index contributed by atoms with van der Waals surface area (Å²) >= 11 is 0. The van der Waals surface area contributed by atoms with Crippen LogP contribution in [-0.4, -0.2) is 19.7 Å². The highest BCUT2D eigenvalue weighted by atomic mass is 16.5. The number of nitrogen functional groups attached to an aromatic ring is 1. The largest absolute Gasteiger partial charge is 0.497 e. The summed E-state index contributed by atoms with van der Waals surface area (Å²) in [6.07, 6.45) is 0. The molecule has 2 rings (SSSR count). The van der Waals surface area contributed by atoms with E-state index in [0.29, 0.717) is 23.9 Å². The van der Waals surface area contributed by atoms with Crippen LogP contribution in [0.5, 0.6) is 17.2 Å². The number of hydrogen-bond acceptors (Lipinski definition) is 5. The minimum atomic E-state index is -0.467. The van der Waals surface area contributed by atoms with E-state index in [1.165, 1.54) is 0 Å². The molecule has 21 heavy (non-hydrogen) atoms. The fraction of sp³-hybridized carbons (Fsp3) is 0.188. The number of nitrogens with two attached hydrogens (primary N) is 1. The van der Waals surface area contributed by atoms with Crippen LogP contribution in [-0.2, 0) is 4.74 Å². The molecule has 0 spiro atoms. The highest BCUT2D eigenvalue weighted by Crippen LogP contribution is 2.31. The van der Waals surface area contributed by atoms with Crippen LogP contribution in [0.4, 0.5) is 5.69 Å². The number of esters is 1. The number of para-hydroxylation sites is 1. The molecule has 0 bridgehead atoms. The summed E-state index contributed by atoms with van der Waals surface area (Å²) in [5.41, 5.74) is 6.51. The van der Waals surface area contributed by atoms with Crippen molar-refractivity contribution in [2.24, 2.45) is 0 Å². The van der Waals surface area contributed by atoms with Crippen LogP contribution < -0.4 is 15.2 Å². The zero-order chi connectivity index (χ0) is 15.2. The van der Waals surface area contributed by atoms with Crippen molar-refractivity contribution >= 4 is 11.7 Å². The summed E-state index contributed by atoms with van der Waals surface area (Å²) in [5, 5.41) is 0. The normalized spacial score (nSPS) is 10.0. The van der Waals surface area contributed by atoms with E-state index in [-0.39, 0.29) is 11.3 Å². The second kappa shape index (κ2) is 6.65. The van der Waals surface area contributed by atoms with Crippen molar-refractivity contribution in [3.63, 3.8) is 0 Å². The van der Waals surface area contributed by atoms with Gasteiger partial charge in [-0.15, -0.1) is 0 Å². The Morgan fingerprint density at radius 3 is 2.57 bits per heavy atom. The number of rotatable bonds is 5. The Morgan fingerprint density at radius 2 is 1.86 bits per heavy atom. The lowest BCUT2D eigenvalue weighted by Gasteiger charge is -2.12. The van der Waals surface area contributed by atoms with Gasteiger partial charge >= 0.3 is 5.97 Å². The Labute approximate surface area is 123 Å². The Bertz CT molecular complexity index is 640. The topological polar surface area (TPSA) is 70.8 Å². The van der Waals surface area contributed by atoms with Gasteiger partial charge in [-0.25, -0.2) is 4.79 Å². The first-order chi connectivity index (χ1) is 10.2. The van der Waals surface area contributed by atoms with Crippen LogP contribution >= 0.6 is 0 Å². The molecule has 0 saturated carbocycles. The minimum Gasteiger partial charge on any atom is -0.497 e. The van der Waals surface area contributed by atoms with Gasteiger partial charge in [0.25, 0.3) is 0 Å². The maximum absolute atomic E-state index is 11.8. The first kappa shape index (κ1) is 14.7. The molecule has 0 radical (unpaired) electrons. The molecule has 2 aromatic rings. The highest BCUT2D eigenvalue weighted by Gasteiger charge is 2.14. The van der Waals surface area contributed by atoms with Crippen LogP contribution in [0.1, 0.15) is 17.3 Å². The molecule has 5 heteroatoms. The lowest BCUT2D eigenvalue weighted by molar-refractivity contribution is 0.0527. The lowest BCUT2D eigenvalue weighted by Crippen LogP contribution is -2.08. The van der Waals surface area contributed by atoms with Gasteiger partial charge in [-0.1, -0.05) is 12.1 Å². The summed E-state index contributed by atoms with van der Waals surface area (Å²) in [4.78, 5) is 11.8. The molecular weight excluding hydrogens is 270 g/mol. The fourth-order valence-corrected chi connectivity index (χ4v) is 1.81. The molecule has 5 nitrogen and oxygen atoms in total. The standard InChI is InChI=1S/C16H17NO4/c1-3-20-16(18)13-8-5-9-14(15(13)17)21-12-7-4-6-11(10-12)19-2/h4-10H,3,17H2,1-2H3. The predicted molar refractivity (Wildman–Crippen MR) is 79.9 cm³/mol. The van der Waals surface area contributed by atoms with Gasteiger partial charge in [0, 0.05) is 6.07 Å². The van der Waals surface area contributed by atoms with Gasteiger partial charge in [0.05, 0.1) is 25.0 Å². The number of benzene rings is 2. The summed E-state index contributed by atoms with van der Waals surface area (Å²) in [6.45, 7) is 2.03. The Hall–Kier alpha value is -2.69. The van der Waals surface area contributed by atoms with E-state index in [0.717, 1.165) is 0 Å². The Kier molecular flexibility index (Phi) is 4.66. The van der Waals surface area contributed by atoms with Gasteiger partial charge in [0.2, 0.25) is 0 Å². The highest BCUT2D eigenvalue weighted by molar-refractivity contribution is 5.96. The number of carbonyl (C=O) groups excluding carboxylic acids is 1. The van der Waals surface area contributed by atoms with Gasteiger partial charge in [-0.2, -0.15) is 0 Å². The van der Waals surface area contributed by atoms with Gasteiger partial charge in [-0.3, -0.25) is 0 Å². The third-order valence-electron chi connectivity index (χ3n) is 2.83. The van der Waals surface area contributed by atoms with Crippen LogP contribution in [0.2, 0.25) is 0 Å². The molecule has 0 heterocycles. The number of hydrogen-bond donors (Lipinski definition) is 1. The molecule has 0 aliphatic rings. The first-order valence-corrected chi connectivity index (χ1v) is 6.53. The van der Waals surface area contributed by atoms with Crippen molar-refractivity contribution in [2.75, 3.05) is 19.5 Å².